The molecule has 1 heterocycles. The van der Waals surface area contributed by atoms with Crippen molar-refractivity contribution < 1.29 is 28.9 Å². The number of carbonyl (C=O) groups is 2. The van der Waals surface area contributed by atoms with Gasteiger partial charge in [0.1, 0.15) is 5.01 Å². The fraction of sp³-hybridized carbons (Fsp3) is 0.150. The van der Waals surface area contributed by atoms with Crippen LogP contribution in [-0.2, 0) is 0 Å². The summed E-state index contributed by atoms with van der Waals surface area (Å²) in [6, 6.07) is 7.56. The predicted molar refractivity (Wildman–Crippen MR) is 104 cm³/mol. The van der Waals surface area contributed by atoms with Crippen molar-refractivity contribution >= 4 is 23.1 Å². The van der Waals surface area contributed by atoms with Crippen molar-refractivity contribution in [3.8, 4) is 27.8 Å². The summed E-state index contributed by atoms with van der Waals surface area (Å²) in [6.45, 7) is 0. The van der Waals surface area contributed by atoms with E-state index in [4.69, 9.17) is 14.2 Å². The van der Waals surface area contributed by atoms with Crippen LogP contribution in [0.25, 0.3) is 10.6 Å². The summed E-state index contributed by atoms with van der Waals surface area (Å²) < 4.78 is 15.8. The highest BCUT2D eigenvalue weighted by Crippen LogP contribution is 2.39. The Morgan fingerprint density at radius 1 is 0.964 bits per heavy atom. The van der Waals surface area contributed by atoms with Crippen LogP contribution in [-0.4, -0.2) is 43.2 Å². The zero-order chi connectivity index (χ0) is 20.3. The van der Waals surface area contributed by atoms with Crippen LogP contribution in [0.4, 0.5) is 0 Å². The van der Waals surface area contributed by atoms with Gasteiger partial charge in [-0.1, -0.05) is 6.07 Å². The minimum absolute atomic E-state index is 0.0504. The lowest BCUT2D eigenvalue weighted by molar-refractivity contribution is 0.0693. The molecule has 0 bridgehead atoms. The molecule has 3 rings (SSSR count). The van der Waals surface area contributed by atoms with E-state index in [1.807, 2.05) is 0 Å². The largest absolute Gasteiger partial charge is 0.493 e. The summed E-state index contributed by atoms with van der Waals surface area (Å²) in [5.74, 6) is -0.718. The van der Waals surface area contributed by atoms with Crippen LogP contribution in [0.2, 0.25) is 0 Å². The van der Waals surface area contributed by atoms with Gasteiger partial charge in [-0.2, -0.15) is 0 Å². The van der Waals surface area contributed by atoms with Gasteiger partial charge in [-0.25, -0.2) is 9.78 Å². The highest BCUT2D eigenvalue weighted by atomic mass is 32.1. The van der Waals surface area contributed by atoms with Crippen molar-refractivity contribution in [1.82, 2.24) is 4.98 Å². The Kier molecular flexibility index (Phi) is 5.60. The number of ether oxygens (including phenoxy) is 3. The molecule has 0 amide bonds. The van der Waals surface area contributed by atoms with Crippen LogP contribution >= 0.6 is 11.3 Å². The van der Waals surface area contributed by atoms with Gasteiger partial charge in [-0.3, -0.25) is 4.79 Å². The average Bonchev–Trinajstić information content (AvgIpc) is 3.26. The van der Waals surface area contributed by atoms with E-state index in [0.717, 1.165) is 0 Å². The summed E-state index contributed by atoms with van der Waals surface area (Å²) in [7, 11) is 4.34. The minimum atomic E-state index is -1.19. The fourth-order valence-corrected chi connectivity index (χ4v) is 3.42. The van der Waals surface area contributed by atoms with E-state index < -0.39 is 11.8 Å². The predicted octanol–water partition coefficient (Wildman–Crippen LogP) is 3.77. The molecule has 1 aromatic heterocycles. The van der Waals surface area contributed by atoms with Gasteiger partial charge >= 0.3 is 5.97 Å². The van der Waals surface area contributed by atoms with Crippen LogP contribution < -0.4 is 14.2 Å². The topological polar surface area (TPSA) is 95.0 Å². The molecule has 0 aliphatic rings. The first-order valence-electron chi connectivity index (χ1n) is 8.12. The highest BCUT2D eigenvalue weighted by Gasteiger charge is 2.23. The zero-order valence-electron chi connectivity index (χ0n) is 15.4. The molecule has 28 heavy (non-hydrogen) atoms. The third kappa shape index (κ3) is 3.54. The molecule has 0 atom stereocenters. The van der Waals surface area contributed by atoms with Gasteiger partial charge in [-0.15, -0.1) is 11.3 Å². The molecule has 0 aliphatic carbocycles. The normalized spacial score (nSPS) is 10.4. The standard InChI is InChI=1S/C20H17NO6S/c1-25-15-9-12(10-16(26-2)18(15)27-3)17(22)14-8-11(19-21-6-7-28-19)4-5-13(14)20(23)24/h4-10H,1-3H3,(H,23,24). The van der Waals surface area contributed by atoms with E-state index in [9.17, 15) is 14.7 Å². The molecule has 3 aromatic rings. The van der Waals surface area contributed by atoms with E-state index in [1.165, 1.54) is 56.9 Å². The molecular formula is C20H17NO6S. The molecule has 8 heteroatoms. The van der Waals surface area contributed by atoms with Crippen LogP contribution in [0.1, 0.15) is 26.3 Å². The number of benzene rings is 2. The van der Waals surface area contributed by atoms with Crippen LogP contribution in [0.15, 0.2) is 41.9 Å². The summed E-state index contributed by atoms with van der Waals surface area (Å²) in [5, 5.41) is 12.0. The minimum Gasteiger partial charge on any atom is -0.493 e. The second kappa shape index (κ2) is 8.10. The monoisotopic (exact) mass is 399 g/mol. The second-order valence-electron chi connectivity index (χ2n) is 5.65. The number of methoxy groups -OCH3 is 3. The third-order valence-electron chi connectivity index (χ3n) is 4.10. The van der Waals surface area contributed by atoms with Crippen molar-refractivity contribution in [2.75, 3.05) is 21.3 Å². The number of hydrogen-bond donors (Lipinski definition) is 1. The Hall–Kier alpha value is -3.39. The van der Waals surface area contributed by atoms with E-state index in [0.29, 0.717) is 27.8 Å². The maximum Gasteiger partial charge on any atom is 0.336 e. The summed E-state index contributed by atoms with van der Waals surface area (Å²) >= 11 is 1.40. The van der Waals surface area contributed by atoms with Gasteiger partial charge in [0.05, 0.1) is 26.9 Å². The number of nitrogens with zero attached hydrogens (tertiary/aromatic N) is 1. The molecular weight excluding hydrogens is 382 g/mol. The van der Waals surface area contributed by atoms with Gasteiger partial charge in [0.25, 0.3) is 0 Å². The number of thiazole rings is 1. The number of aromatic carboxylic acids is 1. The van der Waals surface area contributed by atoms with Crippen molar-refractivity contribution in [3.05, 3.63) is 58.6 Å². The molecule has 1 N–H and O–H groups in total. The smallest absolute Gasteiger partial charge is 0.336 e. The van der Waals surface area contributed by atoms with Gasteiger partial charge in [0.15, 0.2) is 17.3 Å². The van der Waals surface area contributed by atoms with Crippen molar-refractivity contribution in [2.45, 2.75) is 0 Å². The molecule has 0 saturated heterocycles. The molecule has 0 spiro atoms. The molecule has 0 unspecified atom stereocenters. The zero-order valence-corrected chi connectivity index (χ0v) is 16.2. The number of carbonyl (C=O) groups excluding carboxylic acids is 1. The van der Waals surface area contributed by atoms with Crippen molar-refractivity contribution in [2.24, 2.45) is 0 Å². The molecule has 144 valence electrons. The first kappa shape index (κ1) is 19.4. The Morgan fingerprint density at radius 2 is 1.64 bits per heavy atom. The van der Waals surface area contributed by atoms with Gasteiger partial charge < -0.3 is 19.3 Å². The van der Waals surface area contributed by atoms with Crippen LogP contribution in [0, 0.1) is 0 Å². The second-order valence-corrected chi connectivity index (χ2v) is 6.54. The van der Waals surface area contributed by atoms with E-state index in [1.54, 1.807) is 17.6 Å². The summed E-state index contributed by atoms with van der Waals surface area (Å²) in [6.07, 6.45) is 1.64. The van der Waals surface area contributed by atoms with E-state index in [2.05, 4.69) is 4.98 Å². The van der Waals surface area contributed by atoms with Gasteiger partial charge in [0, 0.05) is 28.3 Å². The number of hydrogen-bond acceptors (Lipinski definition) is 7. The lowest BCUT2D eigenvalue weighted by atomic mass is 9.95. The SMILES string of the molecule is COc1cc(C(=O)c2cc(-c3nccs3)ccc2C(=O)O)cc(OC)c1OC. The van der Waals surface area contributed by atoms with Gasteiger partial charge in [0.2, 0.25) is 5.75 Å². The highest BCUT2D eigenvalue weighted by molar-refractivity contribution is 7.13. The maximum atomic E-state index is 13.2. The Labute approximate surface area is 165 Å². The number of carboxylic acids is 1. The fourth-order valence-electron chi connectivity index (χ4n) is 2.79. The first-order valence-corrected chi connectivity index (χ1v) is 9.00. The van der Waals surface area contributed by atoms with Gasteiger partial charge in [-0.05, 0) is 24.3 Å². The van der Waals surface area contributed by atoms with Crippen LogP contribution in [0.3, 0.4) is 0 Å². The molecule has 0 saturated carbocycles. The molecule has 0 aliphatic heterocycles. The quantitative estimate of drug-likeness (QED) is 0.604. The number of carboxylic acid groups (broad SMARTS) is 1. The number of rotatable bonds is 7. The average molecular weight is 399 g/mol. The molecule has 7 nitrogen and oxygen atoms in total. The number of ketones is 1. The lowest BCUT2D eigenvalue weighted by Gasteiger charge is -2.14. The number of aromatic nitrogens is 1. The third-order valence-corrected chi connectivity index (χ3v) is 4.92. The van der Waals surface area contributed by atoms with E-state index >= 15 is 0 Å². The Morgan fingerprint density at radius 3 is 2.14 bits per heavy atom. The lowest BCUT2D eigenvalue weighted by Crippen LogP contribution is -2.11. The molecule has 0 fully saturated rings. The Bertz CT molecular complexity index is 1000. The Balaban J connectivity index is 2.16. The summed E-state index contributed by atoms with van der Waals surface area (Å²) in [5.41, 5.74) is 0.831. The summed E-state index contributed by atoms with van der Waals surface area (Å²) in [4.78, 5) is 29.1. The van der Waals surface area contributed by atoms with E-state index in [-0.39, 0.29) is 16.7 Å². The van der Waals surface area contributed by atoms with Crippen molar-refractivity contribution in [3.63, 3.8) is 0 Å². The maximum absolute atomic E-state index is 13.2. The first-order chi connectivity index (χ1) is 13.5. The van der Waals surface area contributed by atoms with Crippen LogP contribution in [0.5, 0.6) is 17.2 Å². The molecule has 0 radical (unpaired) electrons. The molecule has 2 aromatic carbocycles. The van der Waals surface area contributed by atoms with Crippen molar-refractivity contribution in [1.29, 1.82) is 0 Å².